The maximum atomic E-state index is 11.8. The van der Waals surface area contributed by atoms with Crippen LogP contribution in [0.15, 0.2) is 41.5 Å². The molecular formula is C19H22N2O4. The third-order valence-corrected chi connectivity index (χ3v) is 5.33. The number of nitrogens with zero attached hydrogens (tertiary/aromatic N) is 2. The van der Waals surface area contributed by atoms with E-state index in [2.05, 4.69) is 4.98 Å². The number of aromatic nitrogens is 2. The molecule has 0 radical (unpaired) electrons. The van der Waals surface area contributed by atoms with Gasteiger partial charge in [-0.2, -0.15) is 0 Å². The molecule has 2 fully saturated rings. The summed E-state index contributed by atoms with van der Waals surface area (Å²) < 4.78 is 13.0. The maximum Gasteiger partial charge on any atom is 0.250 e. The van der Waals surface area contributed by atoms with Crippen molar-refractivity contribution in [3.05, 3.63) is 52.7 Å². The van der Waals surface area contributed by atoms with Crippen LogP contribution in [0.25, 0.3) is 11.1 Å². The molecule has 1 spiro atoms. The Hall–Kier alpha value is -2.02. The van der Waals surface area contributed by atoms with Gasteiger partial charge in [-0.1, -0.05) is 6.07 Å². The molecule has 0 aromatic carbocycles. The molecule has 1 saturated heterocycles. The van der Waals surface area contributed by atoms with Crippen LogP contribution in [0.5, 0.6) is 0 Å². The fourth-order valence-corrected chi connectivity index (χ4v) is 3.65. The Morgan fingerprint density at radius 3 is 2.40 bits per heavy atom. The largest absolute Gasteiger partial charge is 0.384 e. The zero-order valence-corrected chi connectivity index (χ0v) is 14.3. The molecule has 2 aromatic rings. The van der Waals surface area contributed by atoms with E-state index in [9.17, 15) is 9.90 Å². The van der Waals surface area contributed by atoms with Crippen molar-refractivity contribution in [1.82, 2.24) is 9.55 Å². The number of pyridine rings is 2. The van der Waals surface area contributed by atoms with Crippen LogP contribution in [0.2, 0.25) is 0 Å². The van der Waals surface area contributed by atoms with Crippen molar-refractivity contribution in [2.75, 3.05) is 13.2 Å². The fraction of sp³-hybridized carbons (Fsp3) is 0.474. The molecule has 0 bridgehead atoms. The van der Waals surface area contributed by atoms with Gasteiger partial charge >= 0.3 is 0 Å². The van der Waals surface area contributed by atoms with Crippen molar-refractivity contribution in [1.29, 1.82) is 0 Å². The van der Waals surface area contributed by atoms with Crippen LogP contribution in [0.1, 0.15) is 31.4 Å². The van der Waals surface area contributed by atoms with Gasteiger partial charge in [0.05, 0.1) is 18.9 Å². The third-order valence-electron chi connectivity index (χ3n) is 5.33. The lowest BCUT2D eigenvalue weighted by Gasteiger charge is -2.40. The summed E-state index contributed by atoms with van der Waals surface area (Å²) in [6.07, 6.45) is 5.91. The summed E-state index contributed by atoms with van der Waals surface area (Å²) in [5.74, 6) is -0.504. The first-order valence-corrected chi connectivity index (χ1v) is 8.64. The summed E-state index contributed by atoms with van der Waals surface area (Å²) in [4.78, 5) is 16.3. The van der Waals surface area contributed by atoms with Crippen molar-refractivity contribution in [3.63, 3.8) is 0 Å². The second kappa shape index (κ2) is 6.05. The Bertz CT molecular complexity index is 812. The van der Waals surface area contributed by atoms with E-state index in [1.165, 1.54) is 4.57 Å². The molecule has 4 rings (SSSR count). The van der Waals surface area contributed by atoms with Gasteiger partial charge in [-0.25, -0.2) is 0 Å². The van der Waals surface area contributed by atoms with Gasteiger partial charge in [0.1, 0.15) is 5.60 Å². The van der Waals surface area contributed by atoms with Gasteiger partial charge in [-0.05, 0) is 30.5 Å². The molecule has 6 heteroatoms. The zero-order valence-electron chi connectivity index (χ0n) is 14.3. The quantitative estimate of drug-likeness (QED) is 0.903. The highest BCUT2D eigenvalue weighted by molar-refractivity contribution is 5.61. The summed E-state index contributed by atoms with van der Waals surface area (Å²) in [6, 6.07) is 7.22. The van der Waals surface area contributed by atoms with Crippen LogP contribution in [0, 0.1) is 0 Å². The monoisotopic (exact) mass is 342 g/mol. The average Bonchev–Trinajstić information content (AvgIpc) is 3.09. The van der Waals surface area contributed by atoms with Crippen LogP contribution in [-0.2, 0) is 22.1 Å². The van der Waals surface area contributed by atoms with Crippen LogP contribution < -0.4 is 5.56 Å². The molecule has 2 aliphatic rings. The van der Waals surface area contributed by atoms with Gasteiger partial charge in [0.2, 0.25) is 0 Å². The molecule has 1 aliphatic carbocycles. The Morgan fingerprint density at radius 1 is 1.08 bits per heavy atom. The smallest absolute Gasteiger partial charge is 0.250 e. The van der Waals surface area contributed by atoms with Crippen molar-refractivity contribution < 1.29 is 14.6 Å². The number of aryl methyl sites for hydroxylation is 1. The Balaban J connectivity index is 1.53. The van der Waals surface area contributed by atoms with Gasteiger partial charge in [-0.3, -0.25) is 9.78 Å². The standard InChI is InChI=1S/C19H22N2O4/c1-21-9-4-14(12-17(21)22)15-2-3-16(20-13-15)18(23)5-7-19(8-6-18)24-10-11-25-19/h2-4,9,12-13,23H,5-8,10-11H2,1H3. The predicted molar refractivity (Wildman–Crippen MR) is 91.9 cm³/mol. The zero-order chi connectivity index (χ0) is 17.5. The second-order valence-electron chi connectivity index (χ2n) is 6.94. The normalized spacial score (nSPS) is 21.5. The van der Waals surface area contributed by atoms with Crippen molar-refractivity contribution in [2.45, 2.75) is 37.1 Å². The molecule has 0 unspecified atom stereocenters. The van der Waals surface area contributed by atoms with E-state index in [1.54, 1.807) is 25.5 Å². The number of rotatable bonds is 2. The third kappa shape index (κ3) is 3.01. The van der Waals surface area contributed by atoms with Crippen molar-refractivity contribution in [3.8, 4) is 11.1 Å². The van der Waals surface area contributed by atoms with Crippen molar-refractivity contribution >= 4 is 0 Å². The van der Waals surface area contributed by atoms with E-state index in [-0.39, 0.29) is 5.56 Å². The molecule has 1 aliphatic heterocycles. The van der Waals surface area contributed by atoms with Gasteiger partial charge in [0.25, 0.3) is 5.56 Å². The Kier molecular flexibility index (Phi) is 3.98. The first-order valence-electron chi connectivity index (χ1n) is 8.64. The van der Waals surface area contributed by atoms with Crippen LogP contribution in [0.3, 0.4) is 0 Å². The summed E-state index contributed by atoms with van der Waals surface area (Å²) in [6.45, 7) is 1.25. The molecule has 6 nitrogen and oxygen atoms in total. The lowest BCUT2D eigenvalue weighted by atomic mass is 9.79. The van der Waals surface area contributed by atoms with E-state index >= 15 is 0 Å². The minimum Gasteiger partial charge on any atom is -0.384 e. The average molecular weight is 342 g/mol. The van der Waals surface area contributed by atoms with E-state index in [1.807, 2.05) is 18.2 Å². The second-order valence-corrected chi connectivity index (χ2v) is 6.94. The molecule has 1 saturated carbocycles. The summed E-state index contributed by atoms with van der Waals surface area (Å²) in [7, 11) is 1.72. The van der Waals surface area contributed by atoms with Crippen LogP contribution >= 0.6 is 0 Å². The maximum absolute atomic E-state index is 11.8. The van der Waals surface area contributed by atoms with Crippen LogP contribution in [0.4, 0.5) is 0 Å². The molecule has 3 heterocycles. The van der Waals surface area contributed by atoms with Gasteiger partial charge in [-0.15, -0.1) is 0 Å². The fourth-order valence-electron chi connectivity index (χ4n) is 3.65. The highest BCUT2D eigenvalue weighted by Crippen LogP contribution is 2.44. The number of hydrogen-bond donors (Lipinski definition) is 1. The van der Waals surface area contributed by atoms with Gasteiger partial charge < -0.3 is 19.1 Å². The van der Waals surface area contributed by atoms with E-state index in [0.29, 0.717) is 44.6 Å². The van der Waals surface area contributed by atoms with Crippen LogP contribution in [-0.4, -0.2) is 33.7 Å². The molecule has 1 N–H and O–H groups in total. The minimum absolute atomic E-state index is 0.0608. The summed E-state index contributed by atoms with van der Waals surface area (Å²) >= 11 is 0. The molecule has 0 atom stereocenters. The summed E-state index contributed by atoms with van der Waals surface area (Å²) in [5.41, 5.74) is 1.33. The highest BCUT2D eigenvalue weighted by Gasteiger charge is 2.46. The van der Waals surface area contributed by atoms with Gasteiger partial charge in [0.15, 0.2) is 5.79 Å². The molecule has 132 valence electrons. The number of hydrogen-bond acceptors (Lipinski definition) is 5. The Labute approximate surface area is 146 Å². The van der Waals surface area contributed by atoms with Crippen molar-refractivity contribution in [2.24, 2.45) is 7.05 Å². The summed E-state index contributed by atoms with van der Waals surface area (Å²) in [5, 5.41) is 11.0. The predicted octanol–water partition coefficient (Wildman–Crippen LogP) is 1.95. The molecular weight excluding hydrogens is 320 g/mol. The van der Waals surface area contributed by atoms with E-state index in [0.717, 1.165) is 11.1 Å². The topological polar surface area (TPSA) is 73.6 Å². The number of ether oxygens (including phenoxy) is 2. The molecule has 0 amide bonds. The lowest BCUT2D eigenvalue weighted by molar-refractivity contribution is -0.204. The van der Waals surface area contributed by atoms with E-state index in [4.69, 9.17) is 9.47 Å². The first-order chi connectivity index (χ1) is 12.0. The van der Waals surface area contributed by atoms with E-state index < -0.39 is 11.4 Å². The lowest BCUT2D eigenvalue weighted by Crippen LogP contribution is -2.42. The first kappa shape index (κ1) is 16.4. The highest BCUT2D eigenvalue weighted by atomic mass is 16.7. The minimum atomic E-state index is -0.952. The molecule has 25 heavy (non-hydrogen) atoms. The number of aliphatic hydroxyl groups is 1. The molecule has 2 aromatic heterocycles. The van der Waals surface area contributed by atoms with Gasteiger partial charge in [0, 0.05) is 43.9 Å². The Morgan fingerprint density at radius 2 is 1.80 bits per heavy atom. The SMILES string of the molecule is Cn1ccc(-c2ccc(C3(O)CCC4(CC3)OCCO4)nc2)cc1=O.